The summed E-state index contributed by atoms with van der Waals surface area (Å²) in [7, 11) is 0. The minimum absolute atomic E-state index is 0.000137. The third kappa shape index (κ3) is 10.7. The first kappa shape index (κ1) is 33.0. The van der Waals surface area contributed by atoms with Crippen LogP contribution in [0.15, 0.2) is 42.6 Å². The van der Waals surface area contributed by atoms with Crippen LogP contribution in [-0.4, -0.2) is 60.7 Å². The Balaban J connectivity index is 1.99. The first-order chi connectivity index (χ1) is 19.0. The predicted octanol–water partition coefficient (Wildman–Crippen LogP) is 5.34. The van der Waals surface area contributed by atoms with Gasteiger partial charge in [0.2, 0.25) is 0 Å². The third-order valence-corrected chi connectivity index (χ3v) is 6.79. The average molecular weight is 553 g/mol. The minimum atomic E-state index is -0.449. The van der Waals surface area contributed by atoms with Crippen molar-refractivity contribution in [1.82, 2.24) is 10.3 Å². The summed E-state index contributed by atoms with van der Waals surface area (Å²) >= 11 is 0. The Morgan fingerprint density at radius 3 is 1.85 bits per heavy atom. The molecule has 0 bridgehead atoms. The van der Waals surface area contributed by atoms with Gasteiger partial charge in [0, 0.05) is 47.9 Å². The van der Waals surface area contributed by atoms with Gasteiger partial charge in [-0.3, -0.25) is 24.2 Å². The van der Waals surface area contributed by atoms with Crippen molar-refractivity contribution in [3.05, 3.63) is 53.9 Å². The smallest absolute Gasteiger partial charge is 0.251 e. The van der Waals surface area contributed by atoms with Gasteiger partial charge in [0.25, 0.3) is 5.91 Å². The Hall–Kier alpha value is -3.23. The van der Waals surface area contributed by atoms with E-state index in [1.165, 1.54) is 0 Å². The highest BCUT2D eigenvalue weighted by Crippen LogP contribution is 2.20. The second-order valence-electron chi connectivity index (χ2n) is 10.7. The highest BCUT2D eigenvalue weighted by molar-refractivity contribution is 5.96. The maximum Gasteiger partial charge on any atom is 0.251 e. The van der Waals surface area contributed by atoms with Crippen molar-refractivity contribution in [3.63, 3.8) is 0 Å². The van der Waals surface area contributed by atoms with Crippen LogP contribution in [0.5, 0.6) is 0 Å². The fraction of sp³-hybridized carbons (Fsp3) is 0.531. The molecule has 0 saturated heterocycles. The highest BCUT2D eigenvalue weighted by atomic mass is 16.5. The number of nitrogens with one attached hydrogen (secondary N) is 1. The molecule has 2 rings (SSSR count). The van der Waals surface area contributed by atoms with E-state index in [4.69, 9.17) is 9.47 Å². The van der Waals surface area contributed by atoms with Crippen molar-refractivity contribution in [2.24, 2.45) is 17.8 Å². The zero-order valence-corrected chi connectivity index (χ0v) is 24.7. The lowest BCUT2D eigenvalue weighted by molar-refractivity contribution is -0.123. The molecule has 8 heteroatoms. The van der Waals surface area contributed by atoms with E-state index in [0.29, 0.717) is 24.1 Å². The van der Waals surface area contributed by atoms with Crippen LogP contribution < -0.4 is 5.32 Å². The van der Waals surface area contributed by atoms with Gasteiger partial charge < -0.3 is 14.8 Å². The maximum absolute atomic E-state index is 13.0. The van der Waals surface area contributed by atoms with Crippen molar-refractivity contribution in [3.8, 4) is 11.1 Å². The Kier molecular flexibility index (Phi) is 13.8. The molecule has 0 spiro atoms. The summed E-state index contributed by atoms with van der Waals surface area (Å²) in [6, 6.07) is 10.2. The van der Waals surface area contributed by atoms with E-state index in [2.05, 4.69) is 10.3 Å². The number of Topliss-reactive ketones (excluding diaryl/α,β-unsaturated/α-hetero) is 3. The number of rotatable bonds is 18. The normalized spacial score (nSPS) is 12.8. The number of benzene rings is 1. The number of carbonyl (C=O) groups excluding carboxylic acids is 4. The quantitative estimate of drug-likeness (QED) is 0.196. The lowest BCUT2D eigenvalue weighted by Gasteiger charge is -2.19. The molecule has 0 fully saturated rings. The second-order valence-corrected chi connectivity index (χ2v) is 10.7. The SMILES string of the molecule is CCC(C)C(=O)CCOCC(COCCC(=O)C(C)C)NC(=O)c1ccc(-c2ccc(C(=O)C(C)C)nc2)cc1. The number of hydrogen-bond acceptors (Lipinski definition) is 7. The molecule has 8 nitrogen and oxygen atoms in total. The fourth-order valence-corrected chi connectivity index (χ4v) is 3.78. The van der Waals surface area contributed by atoms with E-state index in [9.17, 15) is 19.2 Å². The van der Waals surface area contributed by atoms with Gasteiger partial charge >= 0.3 is 0 Å². The molecule has 0 aliphatic rings. The molecule has 40 heavy (non-hydrogen) atoms. The third-order valence-electron chi connectivity index (χ3n) is 6.79. The molecule has 2 unspecified atom stereocenters. The maximum atomic E-state index is 13.0. The van der Waals surface area contributed by atoms with Crippen LogP contribution in [0.2, 0.25) is 0 Å². The zero-order valence-electron chi connectivity index (χ0n) is 24.7. The van der Waals surface area contributed by atoms with Crippen molar-refractivity contribution in [2.75, 3.05) is 26.4 Å². The van der Waals surface area contributed by atoms with E-state index in [-0.39, 0.29) is 67.4 Å². The van der Waals surface area contributed by atoms with Crippen LogP contribution >= 0.6 is 0 Å². The van der Waals surface area contributed by atoms with Crippen molar-refractivity contribution >= 4 is 23.3 Å². The van der Waals surface area contributed by atoms with Gasteiger partial charge in [-0.15, -0.1) is 0 Å². The first-order valence-electron chi connectivity index (χ1n) is 14.2. The Bertz CT molecular complexity index is 1110. The number of amides is 1. The van der Waals surface area contributed by atoms with Gasteiger partial charge in [-0.25, -0.2) is 0 Å². The molecule has 0 radical (unpaired) electrons. The van der Waals surface area contributed by atoms with Gasteiger partial charge in [-0.05, 0) is 30.2 Å². The van der Waals surface area contributed by atoms with E-state index >= 15 is 0 Å². The van der Waals surface area contributed by atoms with E-state index in [1.807, 2.05) is 59.7 Å². The zero-order chi connectivity index (χ0) is 29.7. The monoisotopic (exact) mass is 552 g/mol. The number of hydrogen-bond donors (Lipinski definition) is 1. The van der Waals surface area contributed by atoms with Crippen LogP contribution in [-0.2, 0) is 19.1 Å². The molecule has 1 aromatic carbocycles. The van der Waals surface area contributed by atoms with E-state index in [0.717, 1.165) is 17.5 Å². The van der Waals surface area contributed by atoms with Crippen molar-refractivity contribution < 1.29 is 28.7 Å². The fourth-order valence-electron chi connectivity index (χ4n) is 3.78. The molecular weight excluding hydrogens is 508 g/mol. The van der Waals surface area contributed by atoms with Gasteiger partial charge in [-0.1, -0.05) is 59.7 Å². The van der Waals surface area contributed by atoms with Crippen molar-refractivity contribution in [1.29, 1.82) is 0 Å². The number of pyridine rings is 1. The number of ether oxygens (including phenoxy) is 2. The molecule has 2 aromatic rings. The number of carbonyl (C=O) groups is 4. The van der Waals surface area contributed by atoms with E-state index < -0.39 is 6.04 Å². The number of aromatic nitrogens is 1. The summed E-state index contributed by atoms with van der Waals surface area (Å²) in [6.07, 6.45) is 3.08. The molecule has 1 amide bonds. The van der Waals surface area contributed by atoms with E-state index in [1.54, 1.807) is 24.4 Å². The predicted molar refractivity (Wildman–Crippen MR) is 155 cm³/mol. The lowest BCUT2D eigenvalue weighted by atomic mass is 10.0. The summed E-state index contributed by atoms with van der Waals surface area (Å²) in [5.41, 5.74) is 2.62. The summed E-state index contributed by atoms with van der Waals surface area (Å²) in [5, 5.41) is 2.95. The summed E-state index contributed by atoms with van der Waals surface area (Å²) in [4.78, 5) is 53.4. The van der Waals surface area contributed by atoms with Gasteiger partial charge in [0.1, 0.15) is 17.3 Å². The van der Waals surface area contributed by atoms with Gasteiger partial charge in [-0.2, -0.15) is 0 Å². The van der Waals surface area contributed by atoms with Gasteiger partial charge in [0.15, 0.2) is 5.78 Å². The Morgan fingerprint density at radius 2 is 1.35 bits per heavy atom. The summed E-state index contributed by atoms with van der Waals surface area (Å²) < 4.78 is 11.4. The second kappa shape index (κ2) is 16.8. The molecule has 218 valence electrons. The Labute approximate surface area is 238 Å². The van der Waals surface area contributed by atoms with Crippen LogP contribution in [0.4, 0.5) is 0 Å². The van der Waals surface area contributed by atoms with Crippen LogP contribution in [0.1, 0.15) is 81.7 Å². The van der Waals surface area contributed by atoms with Crippen LogP contribution in [0.25, 0.3) is 11.1 Å². The van der Waals surface area contributed by atoms with Crippen LogP contribution in [0, 0.1) is 17.8 Å². The molecule has 2 atom stereocenters. The first-order valence-corrected chi connectivity index (χ1v) is 14.2. The topological polar surface area (TPSA) is 112 Å². The summed E-state index contributed by atoms with van der Waals surface area (Å²) in [5.74, 6) is -0.182. The molecular formula is C32H44N2O6. The average Bonchev–Trinajstić information content (AvgIpc) is 2.96. The Morgan fingerprint density at radius 1 is 0.775 bits per heavy atom. The molecule has 0 aliphatic carbocycles. The molecule has 0 saturated carbocycles. The molecule has 1 N–H and O–H groups in total. The standard InChI is InChI=1S/C32H44N2O6/c1-7-23(6)30(36)15-17-40-20-27(19-39-16-14-29(35)21(2)3)34-32(38)25-10-8-24(9-11-25)26-12-13-28(33-18-26)31(37)22(4)5/h8-13,18,21-23,27H,7,14-17,19-20H2,1-6H3,(H,34,38). The molecule has 1 heterocycles. The minimum Gasteiger partial charge on any atom is -0.379 e. The molecule has 0 aliphatic heterocycles. The van der Waals surface area contributed by atoms with Crippen LogP contribution in [0.3, 0.4) is 0 Å². The highest BCUT2D eigenvalue weighted by Gasteiger charge is 2.17. The number of nitrogens with zero attached hydrogens (tertiary/aromatic N) is 1. The number of ketones is 3. The van der Waals surface area contributed by atoms with Gasteiger partial charge in [0.05, 0.1) is 32.5 Å². The lowest BCUT2D eigenvalue weighted by Crippen LogP contribution is -2.42. The molecule has 1 aromatic heterocycles. The largest absolute Gasteiger partial charge is 0.379 e. The summed E-state index contributed by atoms with van der Waals surface area (Å²) in [6.45, 7) is 12.2. The van der Waals surface area contributed by atoms with Crippen molar-refractivity contribution in [2.45, 2.75) is 66.8 Å².